The lowest BCUT2D eigenvalue weighted by Gasteiger charge is -2.32. The molecule has 0 unspecified atom stereocenters. The van der Waals surface area contributed by atoms with Crippen LogP contribution in [0.25, 0.3) is 11.3 Å². The number of aryl methyl sites for hydroxylation is 1. The van der Waals surface area contributed by atoms with E-state index in [-0.39, 0.29) is 12.2 Å². The number of aliphatic hydroxyl groups excluding tert-OH is 1. The number of likely N-dealkylation sites (N-methyl/N-ethyl adjacent to an activating group) is 1. The van der Waals surface area contributed by atoms with E-state index < -0.39 is 0 Å². The topological polar surface area (TPSA) is 115 Å². The minimum absolute atomic E-state index is 0.215. The van der Waals surface area contributed by atoms with Crippen LogP contribution in [0, 0.1) is 0 Å². The Labute approximate surface area is 237 Å². The van der Waals surface area contributed by atoms with Gasteiger partial charge in [0.15, 0.2) is 0 Å². The summed E-state index contributed by atoms with van der Waals surface area (Å²) in [7, 11) is 3.78. The van der Waals surface area contributed by atoms with E-state index in [4.69, 9.17) is 0 Å². The SMILES string of the molecule is CN1C[C@@H]2C[C@H]1CN2c1cnc(Nc2cc(-c3cccc(N4Cc5ccccc5C=N4)c3CO)nn(C)c2=O)cn1. The fourth-order valence-corrected chi connectivity index (χ4v) is 6.16. The molecule has 3 aliphatic heterocycles. The molecule has 2 aromatic carbocycles. The molecule has 3 aliphatic rings. The third kappa shape index (κ3) is 4.52. The van der Waals surface area contributed by atoms with Gasteiger partial charge in [-0.1, -0.05) is 36.4 Å². The summed E-state index contributed by atoms with van der Waals surface area (Å²) < 4.78 is 1.29. The first-order chi connectivity index (χ1) is 20.0. The fraction of sp³-hybridized carbons (Fsp3) is 0.300. The maximum Gasteiger partial charge on any atom is 0.290 e. The Kier molecular flexibility index (Phi) is 6.25. The van der Waals surface area contributed by atoms with Crippen LogP contribution in [0.1, 0.15) is 23.1 Å². The minimum atomic E-state index is -0.293. The molecular formula is C30H31N9O2. The average molecular weight is 550 g/mol. The molecule has 0 radical (unpaired) electrons. The third-order valence-corrected chi connectivity index (χ3v) is 8.35. The van der Waals surface area contributed by atoms with Crippen molar-refractivity contribution in [1.29, 1.82) is 0 Å². The molecule has 7 rings (SSSR count). The van der Waals surface area contributed by atoms with E-state index in [1.165, 1.54) is 4.68 Å². The van der Waals surface area contributed by atoms with Gasteiger partial charge in [-0.3, -0.25) is 14.7 Å². The quantitative estimate of drug-likeness (QED) is 0.375. The molecule has 2 atom stereocenters. The molecule has 2 N–H and O–H groups in total. The largest absolute Gasteiger partial charge is 0.392 e. The highest BCUT2D eigenvalue weighted by Gasteiger charge is 2.42. The number of benzene rings is 2. The van der Waals surface area contributed by atoms with Crippen molar-refractivity contribution in [2.75, 3.05) is 35.4 Å². The number of piperazine rings is 1. The summed E-state index contributed by atoms with van der Waals surface area (Å²) >= 11 is 0. The van der Waals surface area contributed by atoms with Gasteiger partial charge in [-0.15, -0.1) is 0 Å². The van der Waals surface area contributed by atoms with E-state index in [9.17, 15) is 9.90 Å². The number of hydrogen-bond donors (Lipinski definition) is 2. The van der Waals surface area contributed by atoms with Crippen LogP contribution in [0.15, 0.2) is 70.8 Å². The van der Waals surface area contributed by atoms with Gasteiger partial charge < -0.3 is 15.3 Å². The van der Waals surface area contributed by atoms with Crippen molar-refractivity contribution >= 4 is 29.2 Å². The lowest BCUT2D eigenvalue weighted by atomic mass is 10.0. The number of fused-ring (bicyclic) bond motifs is 3. The van der Waals surface area contributed by atoms with E-state index in [1.54, 1.807) is 25.5 Å². The lowest BCUT2D eigenvalue weighted by molar-refractivity contribution is 0.282. The Morgan fingerprint density at radius 2 is 1.90 bits per heavy atom. The second-order valence-corrected chi connectivity index (χ2v) is 10.9. The number of anilines is 4. The van der Waals surface area contributed by atoms with Crippen molar-refractivity contribution in [1.82, 2.24) is 24.6 Å². The Hall–Kier alpha value is -4.61. The number of nitrogens with one attached hydrogen (secondary N) is 1. The first kappa shape index (κ1) is 25.4. The number of hydrogen-bond acceptors (Lipinski definition) is 10. The predicted molar refractivity (Wildman–Crippen MR) is 159 cm³/mol. The van der Waals surface area contributed by atoms with Gasteiger partial charge in [0.1, 0.15) is 17.3 Å². The Balaban J connectivity index is 1.17. The van der Waals surface area contributed by atoms with Crippen molar-refractivity contribution in [2.45, 2.75) is 31.7 Å². The summed E-state index contributed by atoms with van der Waals surface area (Å²) in [6.45, 7) is 2.36. The number of nitrogens with zero attached hydrogens (tertiary/aromatic N) is 8. The maximum absolute atomic E-state index is 13.0. The molecule has 208 valence electrons. The van der Waals surface area contributed by atoms with Gasteiger partial charge in [0.2, 0.25) is 0 Å². The number of hydrazone groups is 1. The standard InChI is InChI=1S/C30H31N9O2/c1-36-16-22-10-21(36)17-38(22)29-14-31-28(13-32-29)34-26-11-25(35-37(2)30(26)41)23-8-5-9-27(24(23)18-40)39-15-20-7-4-3-6-19(20)12-33-39/h3-9,11-14,21-22,40H,10,15-18H2,1-2H3,(H,31,34)/t21-,22-/m0/s1. The lowest BCUT2D eigenvalue weighted by Crippen LogP contribution is -2.44. The molecule has 4 aromatic rings. The van der Waals surface area contributed by atoms with Crippen LogP contribution < -0.4 is 20.8 Å². The molecule has 2 fully saturated rings. The molecule has 11 nitrogen and oxygen atoms in total. The van der Waals surface area contributed by atoms with Gasteiger partial charge in [0.25, 0.3) is 5.56 Å². The summed E-state index contributed by atoms with van der Waals surface area (Å²) in [6, 6.07) is 16.6. The molecule has 11 heteroatoms. The minimum Gasteiger partial charge on any atom is -0.392 e. The van der Waals surface area contributed by atoms with Crippen LogP contribution in [0.5, 0.6) is 0 Å². The maximum atomic E-state index is 13.0. The molecular weight excluding hydrogens is 518 g/mol. The zero-order valence-corrected chi connectivity index (χ0v) is 23.0. The van der Waals surface area contributed by atoms with Gasteiger partial charge in [-0.05, 0) is 36.7 Å². The van der Waals surface area contributed by atoms with Gasteiger partial charge in [-0.2, -0.15) is 10.2 Å². The normalized spacial score (nSPS) is 19.6. The second-order valence-electron chi connectivity index (χ2n) is 10.9. The number of likely N-dealkylation sites (tertiary alicyclic amines) is 1. The zero-order chi connectivity index (χ0) is 28.1. The van der Waals surface area contributed by atoms with Crippen LogP contribution in [-0.2, 0) is 20.2 Å². The van der Waals surface area contributed by atoms with E-state index in [0.29, 0.717) is 47.0 Å². The summed E-state index contributed by atoms with van der Waals surface area (Å²) in [6.07, 6.45) is 6.41. The molecule has 2 aromatic heterocycles. The molecule has 0 spiro atoms. The van der Waals surface area contributed by atoms with E-state index in [2.05, 4.69) is 48.4 Å². The molecule has 41 heavy (non-hydrogen) atoms. The molecule has 0 saturated carbocycles. The van der Waals surface area contributed by atoms with E-state index in [1.807, 2.05) is 47.6 Å². The predicted octanol–water partition coefficient (Wildman–Crippen LogP) is 2.72. The number of aliphatic hydroxyl groups is 1. The van der Waals surface area contributed by atoms with E-state index >= 15 is 0 Å². The Morgan fingerprint density at radius 3 is 2.66 bits per heavy atom. The summed E-state index contributed by atoms with van der Waals surface area (Å²) in [4.78, 5) is 27.0. The molecule has 0 amide bonds. The van der Waals surface area contributed by atoms with Gasteiger partial charge >= 0.3 is 0 Å². The van der Waals surface area contributed by atoms with Crippen molar-refractivity contribution < 1.29 is 5.11 Å². The summed E-state index contributed by atoms with van der Waals surface area (Å²) in [5.74, 6) is 1.33. The van der Waals surface area contributed by atoms with Crippen LogP contribution >= 0.6 is 0 Å². The highest BCUT2D eigenvalue weighted by Crippen LogP contribution is 2.34. The highest BCUT2D eigenvalue weighted by atomic mass is 16.3. The Bertz CT molecular complexity index is 1700. The van der Waals surface area contributed by atoms with Crippen molar-refractivity contribution in [2.24, 2.45) is 12.1 Å². The van der Waals surface area contributed by atoms with Crippen LogP contribution in [0.2, 0.25) is 0 Å². The van der Waals surface area contributed by atoms with Crippen LogP contribution in [0.4, 0.5) is 23.0 Å². The first-order valence-corrected chi connectivity index (χ1v) is 13.8. The van der Waals surface area contributed by atoms with Gasteiger partial charge in [0, 0.05) is 43.3 Å². The fourth-order valence-electron chi connectivity index (χ4n) is 6.16. The van der Waals surface area contributed by atoms with Crippen LogP contribution in [-0.4, -0.2) is 68.2 Å². The van der Waals surface area contributed by atoms with E-state index in [0.717, 1.165) is 42.1 Å². The van der Waals surface area contributed by atoms with Crippen molar-refractivity contribution in [3.05, 3.63) is 88.0 Å². The second kappa shape index (κ2) is 10.1. The third-order valence-electron chi connectivity index (χ3n) is 8.35. The zero-order valence-electron chi connectivity index (χ0n) is 23.0. The van der Waals surface area contributed by atoms with Crippen molar-refractivity contribution in [3.8, 4) is 11.3 Å². The highest BCUT2D eigenvalue weighted by molar-refractivity contribution is 5.85. The van der Waals surface area contributed by atoms with Crippen molar-refractivity contribution in [3.63, 3.8) is 0 Å². The molecule has 0 aliphatic carbocycles. The van der Waals surface area contributed by atoms with Gasteiger partial charge in [0.05, 0.1) is 43.1 Å². The van der Waals surface area contributed by atoms with Gasteiger partial charge in [-0.25, -0.2) is 14.6 Å². The monoisotopic (exact) mass is 549 g/mol. The molecule has 2 saturated heterocycles. The number of aromatic nitrogens is 4. The Morgan fingerprint density at radius 1 is 1.02 bits per heavy atom. The smallest absolute Gasteiger partial charge is 0.290 e. The van der Waals surface area contributed by atoms with Crippen LogP contribution in [0.3, 0.4) is 0 Å². The number of rotatable bonds is 6. The summed E-state index contributed by atoms with van der Waals surface area (Å²) in [5, 5.41) is 24.6. The molecule has 2 bridgehead atoms. The summed E-state index contributed by atoms with van der Waals surface area (Å²) in [5.41, 5.74) is 4.98. The molecule has 5 heterocycles. The first-order valence-electron chi connectivity index (χ1n) is 13.8. The average Bonchev–Trinajstić information content (AvgIpc) is 3.59.